The maximum Gasteiger partial charge on any atom is 0.0334 e. The molecule has 0 aliphatic carbocycles. The van der Waals surface area contributed by atoms with Crippen molar-refractivity contribution in [3.63, 3.8) is 0 Å². The number of likely N-dealkylation sites (tertiary alicyclic amines) is 1. The van der Waals surface area contributed by atoms with E-state index in [1.54, 1.807) is 0 Å². The van der Waals surface area contributed by atoms with E-state index in [2.05, 4.69) is 25.7 Å². The molecule has 11 heavy (non-hydrogen) atoms. The Morgan fingerprint density at radius 3 is 1.64 bits per heavy atom. The molecule has 2 unspecified atom stereocenters. The Balaban J connectivity index is 2.54. The van der Waals surface area contributed by atoms with E-state index in [-0.39, 0.29) is 17.6 Å². The minimum Gasteiger partial charge on any atom is -0.325 e. The van der Waals surface area contributed by atoms with Gasteiger partial charge in [0.25, 0.3) is 0 Å². The predicted octanol–water partition coefficient (Wildman–Crippen LogP) is -0.245. The minimum absolute atomic E-state index is 0.161. The van der Waals surface area contributed by atoms with Crippen LogP contribution in [0.4, 0.5) is 0 Å². The Morgan fingerprint density at radius 2 is 1.45 bits per heavy atom. The van der Waals surface area contributed by atoms with Crippen molar-refractivity contribution in [3.05, 3.63) is 0 Å². The van der Waals surface area contributed by atoms with Crippen molar-refractivity contribution >= 4 is 0 Å². The summed E-state index contributed by atoms with van der Waals surface area (Å²) < 4.78 is 0. The standard InChI is InChI=1S/C8H19N3/c1-8(2,3)11-4-6(9)7(10)5-11/h6-7H,4-5,9-10H2,1-3H3. The lowest BCUT2D eigenvalue weighted by Gasteiger charge is -2.31. The first-order valence-electron chi connectivity index (χ1n) is 4.17. The van der Waals surface area contributed by atoms with Crippen LogP contribution in [0, 0.1) is 0 Å². The van der Waals surface area contributed by atoms with Gasteiger partial charge in [0.1, 0.15) is 0 Å². The molecule has 66 valence electrons. The smallest absolute Gasteiger partial charge is 0.0334 e. The molecule has 0 amide bonds. The number of rotatable bonds is 0. The predicted molar refractivity (Wildman–Crippen MR) is 47.3 cm³/mol. The van der Waals surface area contributed by atoms with Gasteiger partial charge in [-0.15, -0.1) is 0 Å². The Kier molecular flexibility index (Phi) is 2.23. The fraction of sp³-hybridized carbons (Fsp3) is 1.00. The first-order chi connectivity index (χ1) is 4.91. The van der Waals surface area contributed by atoms with E-state index in [9.17, 15) is 0 Å². The molecule has 1 rings (SSSR count). The second-order valence-electron chi connectivity index (χ2n) is 4.40. The molecule has 0 aromatic heterocycles. The molecule has 1 aliphatic rings. The van der Waals surface area contributed by atoms with Crippen molar-refractivity contribution < 1.29 is 0 Å². The molecule has 1 aliphatic heterocycles. The largest absolute Gasteiger partial charge is 0.325 e. The van der Waals surface area contributed by atoms with Gasteiger partial charge in [-0.1, -0.05) is 0 Å². The third-order valence-corrected chi connectivity index (χ3v) is 2.36. The highest BCUT2D eigenvalue weighted by molar-refractivity contribution is 4.94. The van der Waals surface area contributed by atoms with E-state index in [1.165, 1.54) is 0 Å². The third kappa shape index (κ3) is 1.92. The monoisotopic (exact) mass is 157 g/mol. The molecule has 1 saturated heterocycles. The van der Waals surface area contributed by atoms with Crippen molar-refractivity contribution in [1.82, 2.24) is 4.90 Å². The van der Waals surface area contributed by atoms with E-state index in [0.29, 0.717) is 0 Å². The Bertz CT molecular complexity index is 129. The zero-order valence-electron chi connectivity index (χ0n) is 7.67. The topological polar surface area (TPSA) is 55.3 Å². The maximum absolute atomic E-state index is 5.80. The summed E-state index contributed by atoms with van der Waals surface area (Å²) in [5.74, 6) is 0. The van der Waals surface area contributed by atoms with Gasteiger partial charge in [-0.25, -0.2) is 0 Å². The molecular formula is C8H19N3. The Labute approximate surface area is 68.7 Å². The lowest BCUT2D eigenvalue weighted by atomic mass is 10.1. The van der Waals surface area contributed by atoms with Crippen LogP contribution in [0.3, 0.4) is 0 Å². The molecule has 2 atom stereocenters. The van der Waals surface area contributed by atoms with Crippen LogP contribution in [-0.4, -0.2) is 35.6 Å². The van der Waals surface area contributed by atoms with Gasteiger partial charge in [-0.3, -0.25) is 4.90 Å². The number of nitrogens with zero attached hydrogens (tertiary/aromatic N) is 1. The van der Waals surface area contributed by atoms with Crippen LogP contribution in [0.15, 0.2) is 0 Å². The molecule has 0 radical (unpaired) electrons. The number of nitrogens with two attached hydrogens (primary N) is 2. The van der Waals surface area contributed by atoms with Gasteiger partial charge in [0.05, 0.1) is 0 Å². The quantitative estimate of drug-likeness (QED) is 0.510. The second-order valence-corrected chi connectivity index (χ2v) is 4.40. The van der Waals surface area contributed by atoms with Gasteiger partial charge < -0.3 is 11.5 Å². The van der Waals surface area contributed by atoms with Crippen LogP contribution < -0.4 is 11.5 Å². The summed E-state index contributed by atoms with van der Waals surface area (Å²) in [6, 6.07) is 0.323. The molecule has 0 aromatic rings. The zero-order chi connectivity index (χ0) is 8.65. The molecule has 0 bridgehead atoms. The summed E-state index contributed by atoms with van der Waals surface area (Å²) in [5.41, 5.74) is 11.8. The third-order valence-electron chi connectivity index (χ3n) is 2.36. The van der Waals surface area contributed by atoms with E-state index >= 15 is 0 Å². The zero-order valence-corrected chi connectivity index (χ0v) is 7.67. The first kappa shape index (κ1) is 8.97. The van der Waals surface area contributed by atoms with Crippen LogP contribution >= 0.6 is 0 Å². The Morgan fingerprint density at radius 1 is 1.09 bits per heavy atom. The van der Waals surface area contributed by atoms with E-state index in [1.807, 2.05) is 0 Å². The normalized spacial score (nSPS) is 34.6. The van der Waals surface area contributed by atoms with Crippen molar-refractivity contribution in [3.8, 4) is 0 Å². The van der Waals surface area contributed by atoms with Gasteiger partial charge in [-0.05, 0) is 20.8 Å². The average molecular weight is 157 g/mol. The molecule has 1 heterocycles. The van der Waals surface area contributed by atoms with Gasteiger partial charge in [-0.2, -0.15) is 0 Å². The first-order valence-corrected chi connectivity index (χ1v) is 4.17. The number of hydrogen-bond donors (Lipinski definition) is 2. The van der Waals surface area contributed by atoms with Gasteiger partial charge in [0.2, 0.25) is 0 Å². The summed E-state index contributed by atoms with van der Waals surface area (Å²) >= 11 is 0. The van der Waals surface area contributed by atoms with Crippen molar-refractivity contribution in [2.75, 3.05) is 13.1 Å². The Hall–Kier alpha value is -0.120. The van der Waals surface area contributed by atoms with Crippen molar-refractivity contribution in [1.29, 1.82) is 0 Å². The fourth-order valence-electron chi connectivity index (χ4n) is 1.40. The second kappa shape index (κ2) is 2.73. The van der Waals surface area contributed by atoms with Crippen molar-refractivity contribution in [2.45, 2.75) is 38.4 Å². The maximum atomic E-state index is 5.80. The summed E-state index contributed by atoms with van der Waals surface area (Å²) in [5, 5.41) is 0. The molecular weight excluding hydrogens is 138 g/mol. The van der Waals surface area contributed by atoms with E-state index in [4.69, 9.17) is 11.5 Å². The van der Waals surface area contributed by atoms with Crippen molar-refractivity contribution in [2.24, 2.45) is 11.5 Å². The van der Waals surface area contributed by atoms with Gasteiger partial charge in [0, 0.05) is 30.7 Å². The van der Waals surface area contributed by atoms with Crippen LogP contribution in [0.5, 0.6) is 0 Å². The van der Waals surface area contributed by atoms with E-state index in [0.717, 1.165) is 13.1 Å². The highest BCUT2D eigenvalue weighted by Crippen LogP contribution is 2.18. The highest BCUT2D eigenvalue weighted by Gasteiger charge is 2.33. The molecule has 0 saturated carbocycles. The molecule has 0 aromatic carbocycles. The molecule has 1 fully saturated rings. The van der Waals surface area contributed by atoms with Crippen LogP contribution in [-0.2, 0) is 0 Å². The molecule has 3 heteroatoms. The SMILES string of the molecule is CC(C)(C)N1CC(N)C(N)C1. The van der Waals surface area contributed by atoms with E-state index < -0.39 is 0 Å². The van der Waals surface area contributed by atoms with Crippen LogP contribution in [0.1, 0.15) is 20.8 Å². The van der Waals surface area contributed by atoms with Gasteiger partial charge in [0.15, 0.2) is 0 Å². The lowest BCUT2D eigenvalue weighted by molar-refractivity contribution is 0.171. The summed E-state index contributed by atoms with van der Waals surface area (Å²) in [6.07, 6.45) is 0. The summed E-state index contributed by atoms with van der Waals surface area (Å²) in [4.78, 5) is 2.34. The molecule has 3 nitrogen and oxygen atoms in total. The van der Waals surface area contributed by atoms with Crippen LogP contribution in [0.2, 0.25) is 0 Å². The fourth-order valence-corrected chi connectivity index (χ4v) is 1.40. The molecule has 4 N–H and O–H groups in total. The summed E-state index contributed by atoms with van der Waals surface area (Å²) in [6.45, 7) is 8.45. The minimum atomic E-state index is 0.161. The van der Waals surface area contributed by atoms with Gasteiger partial charge >= 0.3 is 0 Å². The highest BCUT2D eigenvalue weighted by atomic mass is 15.2. The average Bonchev–Trinajstić information content (AvgIpc) is 2.11. The van der Waals surface area contributed by atoms with Crippen LogP contribution in [0.25, 0.3) is 0 Å². The lowest BCUT2D eigenvalue weighted by Crippen LogP contribution is -2.40. The molecule has 0 spiro atoms. The number of hydrogen-bond acceptors (Lipinski definition) is 3. The summed E-state index contributed by atoms with van der Waals surface area (Å²) in [7, 11) is 0.